The van der Waals surface area contributed by atoms with Crippen molar-refractivity contribution in [1.82, 2.24) is 25.2 Å². The number of amides is 2. The number of benzene rings is 1. The molecule has 2 aromatic rings. The Bertz CT molecular complexity index is 900. The Morgan fingerprint density at radius 2 is 2.00 bits per heavy atom. The van der Waals surface area contributed by atoms with Gasteiger partial charge in [0.25, 0.3) is 11.6 Å². The lowest BCUT2D eigenvalue weighted by Gasteiger charge is -2.24. The summed E-state index contributed by atoms with van der Waals surface area (Å²) in [5.41, 5.74) is 0.457. The van der Waals surface area contributed by atoms with Crippen molar-refractivity contribution in [3.63, 3.8) is 0 Å². The summed E-state index contributed by atoms with van der Waals surface area (Å²) in [6.45, 7) is 9.21. The fourth-order valence-electron chi connectivity index (χ4n) is 2.62. The van der Waals surface area contributed by atoms with Gasteiger partial charge in [-0.05, 0) is 40.7 Å². The van der Waals surface area contributed by atoms with Gasteiger partial charge in [-0.1, -0.05) is 11.3 Å². The SMILES string of the molecule is CCN(CC(=O)NC(C)(C)C)C(=O)c1nnn(-c2cccc([N+](=O)[O-])c2)c1C. The van der Waals surface area contributed by atoms with Gasteiger partial charge < -0.3 is 10.2 Å². The normalized spacial score (nSPS) is 11.2. The van der Waals surface area contributed by atoms with Crippen LogP contribution in [0.2, 0.25) is 0 Å². The quantitative estimate of drug-likeness (QED) is 0.595. The van der Waals surface area contributed by atoms with Gasteiger partial charge in [0.05, 0.1) is 22.8 Å². The van der Waals surface area contributed by atoms with E-state index in [9.17, 15) is 19.7 Å². The summed E-state index contributed by atoms with van der Waals surface area (Å²) >= 11 is 0. The lowest BCUT2D eigenvalue weighted by Crippen LogP contribution is -2.47. The molecule has 150 valence electrons. The third kappa shape index (κ3) is 4.90. The Morgan fingerprint density at radius 1 is 1.32 bits per heavy atom. The standard InChI is InChI=1S/C18H24N6O4/c1-6-22(11-15(25)19-18(3,4)5)17(26)16-12(2)23(21-20-16)13-8-7-9-14(10-13)24(27)28/h7-10H,6,11H2,1-5H3,(H,19,25). The highest BCUT2D eigenvalue weighted by molar-refractivity contribution is 5.95. The molecular formula is C18H24N6O4. The maximum atomic E-state index is 12.8. The maximum Gasteiger partial charge on any atom is 0.276 e. The van der Waals surface area contributed by atoms with Crippen molar-refractivity contribution in [2.24, 2.45) is 0 Å². The molecule has 0 aliphatic carbocycles. The van der Waals surface area contributed by atoms with Crippen LogP contribution in [-0.2, 0) is 4.79 Å². The zero-order valence-corrected chi connectivity index (χ0v) is 16.6. The number of nitrogens with one attached hydrogen (secondary N) is 1. The molecule has 2 amide bonds. The maximum absolute atomic E-state index is 12.8. The van der Waals surface area contributed by atoms with Crippen LogP contribution in [0.1, 0.15) is 43.9 Å². The van der Waals surface area contributed by atoms with Gasteiger partial charge in [-0.2, -0.15) is 0 Å². The summed E-state index contributed by atoms with van der Waals surface area (Å²) in [5, 5.41) is 21.7. The summed E-state index contributed by atoms with van der Waals surface area (Å²) < 4.78 is 1.36. The molecule has 10 heteroatoms. The van der Waals surface area contributed by atoms with Crippen LogP contribution < -0.4 is 5.32 Å². The lowest BCUT2D eigenvalue weighted by molar-refractivity contribution is -0.384. The topological polar surface area (TPSA) is 123 Å². The van der Waals surface area contributed by atoms with E-state index < -0.39 is 16.4 Å². The van der Waals surface area contributed by atoms with Gasteiger partial charge in [-0.25, -0.2) is 4.68 Å². The third-order valence-electron chi connectivity index (χ3n) is 3.90. The Kier molecular flexibility index (Phi) is 6.12. The van der Waals surface area contributed by atoms with Crippen LogP contribution in [0.5, 0.6) is 0 Å². The van der Waals surface area contributed by atoms with Crippen molar-refractivity contribution < 1.29 is 14.5 Å². The summed E-state index contributed by atoms with van der Waals surface area (Å²) in [7, 11) is 0. The first kappa shape index (κ1) is 21.0. The monoisotopic (exact) mass is 388 g/mol. The first-order valence-corrected chi connectivity index (χ1v) is 8.81. The van der Waals surface area contributed by atoms with Gasteiger partial charge in [0.15, 0.2) is 5.69 Å². The zero-order chi connectivity index (χ0) is 21.1. The Balaban J connectivity index is 2.26. The predicted octanol–water partition coefficient (Wildman–Crippen LogP) is 1.86. The number of likely N-dealkylation sites (N-methyl/N-ethyl adjacent to an activating group) is 1. The van der Waals surface area contributed by atoms with Crippen molar-refractivity contribution in [1.29, 1.82) is 0 Å². The molecule has 1 heterocycles. The molecular weight excluding hydrogens is 364 g/mol. The molecule has 0 aliphatic heterocycles. The minimum atomic E-state index is -0.505. The molecule has 1 N–H and O–H groups in total. The second kappa shape index (κ2) is 8.15. The van der Waals surface area contributed by atoms with Crippen molar-refractivity contribution >= 4 is 17.5 Å². The van der Waals surface area contributed by atoms with Gasteiger partial charge in [0.1, 0.15) is 0 Å². The van der Waals surface area contributed by atoms with Gasteiger partial charge in [-0.15, -0.1) is 5.10 Å². The van der Waals surface area contributed by atoms with Crippen LogP contribution in [0.4, 0.5) is 5.69 Å². The molecule has 2 rings (SSSR count). The van der Waals surface area contributed by atoms with E-state index in [0.29, 0.717) is 17.9 Å². The number of rotatable bonds is 6. The minimum Gasteiger partial charge on any atom is -0.350 e. The third-order valence-corrected chi connectivity index (χ3v) is 3.90. The molecule has 0 fully saturated rings. The molecule has 0 atom stereocenters. The highest BCUT2D eigenvalue weighted by Gasteiger charge is 2.25. The molecule has 10 nitrogen and oxygen atoms in total. The van der Waals surface area contributed by atoms with E-state index in [-0.39, 0.29) is 23.8 Å². The lowest BCUT2D eigenvalue weighted by atomic mass is 10.1. The van der Waals surface area contributed by atoms with Gasteiger partial charge >= 0.3 is 0 Å². The summed E-state index contributed by atoms with van der Waals surface area (Å²) in [6, 6.07) is 5.89. The van der Waals surface area contributed by atoms with E-state index in [1.165, 1.54) is 27.8 Å². The van der Waals surface area contributed by atoms with Crippen molar-refractivity contribution in [2.45, 2.75) is 40.2 Å². The number of hydrogen-bond acceptors (Lipinski definition) is 6. The summed E-state index contributed by atoms with van der Waals surface area (Å²) in [4.78, 5) is 36.8. The van der Waals surface area contributed by atoms with Crippen LogP contribution in [0.25, 0.3) is 5.69 Å². The molecule has 0 bridgehead atoms. The first-order chi connectivity index (χ1) is 13.0. The number of carbonyl (C=O) groups is 2. The number of nitro groups is 1. The van der Waals surface area contributed by atoms with E-state index >= 15 is 0 Å². The summed E-state index contributed by atoms with van der Waals surface area (Å²) in [5.74, 6) is -0.702. The largest absolute Gasteiger partial charge is 0.350 e. The smallest absolute Gasteiger partial charge is 0.276 e. The van der Waals surface area contributed by atoms with E-state index in [2.05, 4.69) is 15.6 Å². The Labute approximate surface area is 162 Å². The van der Waals surface area contributed by atoms with E-state index in [1.807, 2.05) is 20.8 Å². The average Bonchev–Trinajstić information content (AvgIpc) is 2.99. The molecule has 0 saturated carbocycles. The fraction of sp³-hybridized carbons (Fsp3) is 0.444. The van der Waals surface area contributed by atoms with Gasteiger partial charge in [-0.3, -0.25) is 19.7 Å². The van der Waals surface area contributed by atoms with Crippen LogP contribution in [0, 0.1) is 17.0 Å². The molecule has 0 radical (unpaired) electrons. The summed E-state index contributed by atoms with van der Waals surface area (Å²) in [6.07, 6.45) is 0. The predicted molar refractivity (Wildman–Crippen MR) is 102 cm³/mol. The van der Waals surface area contributed by atoms with Crippen LogP contribution >= 0.6 is 0 Å². The number of hydrogen-bond donors (Lipinski definition) is 1. The number of aromatic nitrogens is 3. The molecule has 1 aromatic carbocycles. The van der Waals surface area contributed by atoms with Crippen molar-refractivity contribution in [3.05, 3.63) is 45.8 Å². The molecule has 0 unspecified atom stereocenters. The van der Waals surface area contributed by atoms with Gasteiger partial charge in [0.2, 0.25) is 5.91 Å². The van der Waals surface area contributed by atoms with E-state index in [0.717, 1.165) is 0 Å². The highest BCUT2D eigenvalue weighted by Crippen LogP contribution is 2.19. The average molecular weight is 388 g/mol. The van der Waals surface area contributed by atoms with Crippen LogP contribution in [-0.4, -0.2) is 55.3 Å². The molecule has 0 saturated heterocycles. The molecule has 28 heavy (non-hydrogen) atoms. The molecule has 1 aromatic heterocycles. The molecule has 0 aliphatic rings. The second-order valence-corrected chi connectivity index (χ2v) is 7.33. The first-order valence-electron chi connectivity index (χ1n) is 8.81. The van der Waals surface area contributed by atoms with Gasteiger partial charge in [0, 0.05) is 24.2 Å². The number of nitrogens with zero attached hydrogens (tertiary/aromatic N) is 5. The minimum absolute atomic E-state index is 0.0886. The Morgan fingerprint density at radius 3 is 2.57 bits per heavy atom. The van der Waals surface area contributed by atoms with Crippen molar-refractivity contribution in [2.75, 3.05) is 13.1 Å². The fourth-order valence-corrected chi connectivity index (χ4v) is 2.62. The van der Waals surface area contributed by atoms with Crippen LogP contribution in [0.3, 0.4) is 0 Å². The second-order valence-electron chi connectivity index (χ2n) is 7.33. The zero-order valence-electron chi connectivity index (χ0n) is 16.6. The van der Waals surface area contributed by atoms with E-state index in [4.69, 9.17) is 0 Å². The Hall–Kier alpha value is -3.30. The number of non-ortho nitro benzene ring substituents is 1. The number of carbonyl (C=O) groups excluding carboxylic acids is 2. The molecule has 0 spiro atoms. The highest BCUT2D eigenvalue weighted by atomic mass is 16.6. The van der Waals surface area contributed by atoms with E-state index in [1.54, 1.807) is 19.9 Å². The number of nitro benzene ring substituents is 1. The van der Waals surface area contributed by atoms with Crippen LogP contribution in [0.15, 0.2) is 24.3 Å². The van der Waals surface area contributed by atoms with Crippen molar-refractivity contribution in [3.8, 4) is 5.69 Å².